The number of cyclic esters (lactones) is 2. The molecule has 1 aromatic rings. The summed E-state index contributed by atoms with van der Waals surface area (Å²) in [5, 5.41) is 7.41. The first kappa shape index (κ1) is 7.90. The highest BCUT2D eigenvalue weighted by Crippen LogP contribution is 2.25. The molecule has 1 atom stereocenters. The minimum Gasteiger partial charge on any atom is -0.393 e. The van der Waals surface area contributed by atoms with E-state index in [1.165, 1.54) is 4.68 Å². The summed E-state index contributed by atoms with van der Waals surface area (Å²) in [5.74, 6) is -1.60. The van der Waals surface area contributed by atoms with Crippen molar-refractivity contribution in [2.45, 2.75) is 12.3 Å². The van der Waals surface area contributed by atoms with E-state index in [-0.39, 0.29) is 6.42 Å². The predicted molar refractivity (Wildman–Crippen MR) is 39.5 cm³/mol. The van der Waals surface area contributed by atoms with Crippen LogP contribution >= 0.6 is 0 Å². The second kappa shape index (κ2) is 2.65. The molecular weight excluding hydrogens is 174 g/mol. The van der Waals surface area contributed by atoms with E-state index in [2.05, 4.69) is 15.0 Å². The molecule has 2 rings (SSSR count). The van der Waals surface area contributed by atoms with Gasteiger partial charge in [-0.25, -0.2) is 0 Å². The Morgan fingerprint density at radius 2 is 2.38 bits per heavy atom. The fourth-order valence-corrected chi connectivity index (χ4v) is 1.23. The zero-order valence-electron chi connectivity index (χ0n) is 6.93. The smallest absolute Gasteiger partial charge is 0.323 e. The Balaban J connectivity index is 2.27. The lowest BCUT2D eigenvalue weighted by Crippen LogP contribution is -2.05. The Labute approximate surface area is 73.5 Å². The number of carbonyl (C=O) groups is 2. The van der Waals surface area contributed by atoms with Crippen molar-refractivity contribution in [2.24, 2.45) is 7.05 Å². The third-order valence-electron chi connectivity index (χ3n) is 1.85. The molecule has 13 heavy (non-hydrogen) atoms. The van der Waals surface area contributed by atoms with E-state index in [9.17, 15) is 9.59 Å². The highest BCUT2D eigenvalue weighted by Gasteiger charge is 2.36. The molecule has 0 amide bonds. The monoisotopic (exact) mass is 181 g/mol. The van der Waals surface area contributed by atoms with Crippen LogP contribution in [0.3, 0.4) is 0 Å². The van der Waals surface area contributed by atoms with Gasteiger partial charge in [-0.3, -0.25) is 14.3 Å². The second-order valence-corrected chi connectivity index (χ2v) is 2.87. The van der Waals surface area contributed by atoms with Crippen LogP contribution in [0.5, 0.6) is 0 Å². The molecule has 0 radical (unpaired) electrons. The average molecular weight is 181 g/mol. The van der Waals surface area contributed by atoms with Gasteiger partial charge in [0.1, 0.15) is 5.92 Å². The Hall–Kier alpha value is -1.72. The number of aromatic nitrogens is 3. The maximum absolute atomic E-state index is 11.1. The van der Waals surface area contributed by atoms with Crippen LogP contribution in [0.25, 0.3) is 0 Å². The van der Waals surface area contributed by atoms with E-state index in [4.69, 9.17) is 0 Å². The molecular formula is C7H7N3O3. The van der Waals surface area contributed by atoms with Gasteiger partial charge in [0.25, 0.3) is 0 Å². The molecule has 0 N–H and O–H groups in total. The van der Waals surface area contributed by atoms with Crippen molar-refractivity contribution in [1.29, 1.82) is 0 Å². The molecule has 1 unspecified atom stereocenters. The Morgan fingerprint density at radius 1 is 1.62 bits per heavy atom. The van der Waals surface area contributed by atoms with Gasteiger partial charge in [-0.05, 0) is 0 Å². The minimum absolute atomic E-state index is 0.0670. The fraction of sp³-hybridized carbons (Fsp3) is 0.429. The van der Waals surface area contributed by atoms with Crippen LogP contribution in [0.4, 0.5) is 0 Å². The molecule has 1 aliphatic heterocycles. The third kappa shape index (κ3) is 1.30. The van der Waals surface area contributed by atoms with E-state index < -0.39 is 17.9 Å². The maximum Gasteiger partial charge on any atom is 0.323 e. The van der Waals surface area contributed by atoms with Crippen LogP contribution in [0.1, 0.15) is 18.0 Å². The fourth-order valence-electron chi connectivity index (χ4n) is 1.23. The van der Waals surface area contributed by atoms with Crippen molar-refractivity contribution in [2.75, 3.05) is 0 Å². The molecule has 0 saturated carbocycles. The molecule has 1 saturated heterocycles. The van der Waals surface area contributed by atoms with Crippen molar-refractivity contribution in [3.8, 4) is 0 Å². The van der Waals surface area contributed by atoms with Gasteiger partial charge in [0.05, 0.1) is 12.1 Å². The van der Waals surface area contributed by atoms with Crippen LogP contribution in [0, 0.1) is 0 Å². The third-order valence-corrected chi connectivity index (χ3v) is 1.85. The predicted octanol–water partition coefficient (Wildman–Crippen LogP) is -0.628. The summed E-state index contributed by atoms with van der Waals surface area (Å²) < 4.78 is 5.86. The molecule has 6 heteroatoms. The van der Waals surface area contributed by atoms with E-state index in [1.807, 2.05) is 0 Å². The molecule has 0 aliphatic carbocycles. The normalized spacial score (nSPS) is 22.1. The molecule has 0 bridgehead atoms. The van der Waals surface area contributed by atoms with E-state index in [0.29, 0.717) is 5.69 Å². The van der Waals surface area contributed by atoms with Crippen molar-refractivity contribution >= 4 is 11.9 Å². The van der Waals surface area contributed by atoms with E-state index in [1.54, 1.807) is 13.2 Å². The van der Waals surface area contributed by atoms with Crippen LogP contribution < -0.4 is 0 Å². The van der Waals surface area contributed by atoms with Gasteiger partial charge in [0, 0.05) is 13.2 Å². The number of rotatable bonds is 1. The van der Waals surface area contributed by atoms with Gasteiger partial charge in [-0.2, -0.15) is 0 Å². The molecule has 68 valence electrons. The van der Waals surface area contributed by atoms with Gasteiger partial charge in [0.2, 0.25) is 0 Å². The quantitative estimate of drug-likeness (QED) is 0.426. The molecule has 1 aliphatic rings. The van der Waals surface area contributed by atoms with Gasteiger partial charge in [-0.15, -0.1) is 5.10 Å². The molecule has 6 nitrogen and oxygen atoms in total. The molecule has 1 aromatic heterocycles. The standard InChI is InChI=1S/C7H7N3O3/c1-10-3-5(8-9-10)4-2-6(11)13-7(4)12/h3-4H,2H2,1H3. The molecule has 0 spiro atoms. The number of hydrogen-bond acceptors (Lipinski definition) is 5. The maximum atomic E-state index is 11.1. The van der Waals surface area contributed by atoms with Crippen molar-refractivity contribution in [1.82, 2.24) is 15.0 Å². The largest absolute Gasteiger partial charge is 0.393 e. The van der Waals surface area contributed by atoms with Gasteiger partial charge >= 0.3 is 11.9 Å². The number of ether oxygens (including phenoxy) is 1. The number of carbonyl (C=O) groups excluding carboxylic acids is 2. The van der Waals surface area contributed by atoms with Crippen LogP contribution in [0.15, 0.2) is 6.20 Å². The number of nitrogens with zero attached hydrogens (tertiary/aromatic N) is 3. The molecule has 1 fully saturated rings. The van der Waals surface area contributed by atoms with Crippen molar-refractivity contribution in [3.63, 3.8) is 0 Å². The second-order valence-electron chi connectivity index (χ2n) is 2.87. The Morgan fingerprint density at radius 3 is 2.85 bits per heavy atom. The summed E-state index contributed by atoms with van der Waals surface area (Å²) >= 11 is 0. The summed E-state index contributed by atoms with van der Waals surface area (Å²) in [6, 6.07) is 0. The highest BCUT2D eigenvalue weighted by molar-refractivity contribution is 5.97. The number of aryl methyl sites for hydroxylation is 1. The highest BCUT2D eigenvalue weighted by atomic mass is 16.6. The minimum atomic E-state index is -0.568. The Bertz CT molecular complexity index is 371. The first-order valence-electron chi connectivity index (χ1n) is 3.77. The van der Waals surface area contributed by atoms with Gasteiger partial charge < -0.3 is 4.74 Å². The lowest BCUT2D eigenvalue weighted by Gasteiger charge is -1.95. The summed E-state index contributed by atoms with van der Waals surface area (Å²) in [4.78, 5) is 21.8. The van der Waals surface area contributed by atoms with Crippen LogP contribution in [0.2, 0.25) is 0 Å². The van der Waals surface area contributed by atoms with E-state index >= 15 is 0 Å². The number of hydrogen-bond donors (Lipinski definition) is 0. The van der Waals surface area contributed by atoms with Crippen molar-refractivity contribution in [3.05, 3.63) is 11.9 Å². The van der Waals surface area contributed by atoms with Crippen LogP contribution in [-0.2, 0) is 21.4 Å². The molecule has 0 aromatic carbocycles. The first-order valence-corrected chi connectivity index (χ1v) is 3.77. The first-order chi connectivity index (χ1) is 6.16. The van der Waals surface area contributed by atoms with Gasteiger partial charge in [-0.1, -0.05) is 5.21 Å². The average Bonchev–Trinajstić information content (AvgIpc) is 2.58. The summed E-state index contributed by atoms with van der Waals surface area (Å²) in [5.41, 5.74) is 0.485. The van der Waals surface area contributed by atoms with Crippen LogP contribution in [-0.4, -0.2) is 26.9 Å². The Kier molecular flexibility index (Phi) is 1.61. The lowest BCUT2D eigenvalue weighted by atomic mass is 10.1. The number of esters is 2. The van der Waals surface area contributed by atoms with E-state index in [0.717, 1.165) is 0 Å². The van der Waals surface area contributed by atoms with Gasteiger partial charge in [0.15, 0.2) is 0 Å². The summed E-state index contributed by atoms with van der Waals surface area (Å²) in [6.07, 6.45) is 1.67. The zero-order chi connectivity index (χ0) is 9.42. The zero-order valence-corrected chi connectivity index (χ0v) is 6.93. The summed E-state index contributed by atoms with van der Waals surface area (Å²) in [7, 11) is 1.69. The topological polar surface area (TPSA) is 74.1 Å². The summed E-state index contributed by atoms with van der Waals surface area (Å²) in [6.45, 7) is 0. The van der Waals surface area contributed by atoms with Crippen molar-refractivity contribution < 1.29 is 14.3 Å². The molecule has 2 heterocycles. The lowest BCUT2D eigenvalue weighted by molar-refractivity contribution is -0.152. The SMILES string of the molecule is Cn1cc(C2CC(=O)OC2=O)nn1.